The SMILES string of the molecule is CC(C)=CC(=O)OCC(=O)NC(=O)NCCc1cccs1. The Labute approximate surface area is 127 Å². The minimum absolute atomic E-state index is 0.428. The van der Waals surface area contributed by atoms with Crippen LogP contribution in [0.2, 0.25) is 0 Å². The van der Waals surface area contributed by atoms with Crippen LogP contribution in [0.5, 0.6) is 0 Å². The third-order valence-electron chi connectivity index (χ3n) is 2.24. The van der Waals surface area contributed by atoms with E-state index in [2.05, 4.69) is 15.4 Å². The summed E-state index contributed by atoms with van der Waals surface area (Å²) in [5, 5.41) is 6.60. The van der Waals surface area contributed by atoms with E-state index in [0.29, 0.717) is 13.0 Å². The van der Waals surface area contributed by atoms with Gasteiger partial charge in [0.25, 0.3) is 5.91 Å². The van der Waals surface area contributed by atoms with Gasteiger partial charge in [-0.05, 0) is 31.7 Å². The summed E-state index contributed by atoms with van der Waals surface area (Å²) in [6.45, 7) is 3.42. The number of rotatable bonds is 6. The first-order valence-corrected chi connectivity index (χ1v) is 7.27. The van der Waals surface area contributed by atoms with E-state index in [-0.39, 0.29) is 0 Å². The number of carbonyl (C=O) groups excluding carboxylic acids is 3. The molecule has 1 aromatic rings. The van der Waals surface area contributed by atoms with Crippen molar-refractivity contribution in [2.24, 2.45) is 0 Å². The van der Waals surface area contributed by atoms with Crippen LogP contribution >= 0.6 is 11.3 Å². The Morgan fingerprint density at radius 3 is 2.71 bits per heavy atom. The van der Waals surface area contributed by atoms with Gasteiger partial charge in [-0.15, -0.1) is 11.3 Å². The fraction of sp³-hybridized carbons (Fsp3) is 0.357. The van der Waals surface area contributed by atoms with Crippen LogP contribution in [-0.4, -0.2) is 31.1 Å². The average Bonchev–Trinajstić information content (AvgIpc) is 2.88. The Hall–Kier alpha value is -2.15. The molecule has 0 aliphatic carbocycles. The molecule has 1 aromatic heterocycles. The largest absolute Gasteiger partial charge is 0.452 e. The molecule has 3 amide bonds. The molecule has 0 aliphatic rings. The maximum atomic E-state index is 11.4. The molecule has 0 spiro atoms. The molecule has 1 heterocycles. The first-order valence-electron chi connectivity index (χ1n) is 6.39. The molecule has 2 N–H and O–H groups in total. The number of allylic oxidation sites excluding steroid dienone is 1. The van der Waals surface area contributed by atoms with Crippen molar-refractivity contribution in [3.63, 3.8) is 0 Å². The van der Waals surface area contributed by atoms with Crippen molar-refractivity contribution in [3.05, 3.63) is 34.0 Å². The third kappa shape index (κ3) is 7.88. The highest BCUT2D eigenvalue weighted by Crippen LogP contribution is 2.07. The zero-order chi connectivity index (χ0) is 15.7. The molecule has 21 heavy (non-hydrogen) atoms. The van der Waals surface area contributed by atoms with Gasteiger partial charge >= 0.3 is 12.0 Å². The van der Waals surface area contributed by atoms with Gasteiger partial charge in [0.05, 0.1) is 0 Å². The Morgan fingerprint density at radius 2 is 2.10 bits per heavy atom. The minimum Gasteiger partial charge on any atom is -0.452 e. The summed E-state index contributed by atoms with van der Waals surface area (Å²) in [6, 6.07) is 3.30. The lowest BCUT2D eigenvalue weighted by Crippen LogP contribution is -2.42. The summed E-state index contributed by atoms with van der Waals surface area (Å²) in [7, 11) is 0. The number of hydrogen-bond donors (Lipinski definition) is 2. The molecule has 0 fully saturated rings. The van der Waals surface area contributed by atoms with E-state index in [1.54, 1.807) is 25.2 Å². The first kappa shape index (κ1) is 16.9. The zero-order valence-corrected chi connectivity index (χ0v) is 12.8. The smallest absolute Gasteiger partial charge is 0.331 e. The number of hydrogen-bond acceptors (Lipinski definition) is 5. The lowest BCUT2D eigenvalue weighted by atomic mass is 10.3. The maximum absolute atomic E-state index is 11.4. The van der Waals surface area contributed by atoms with Crippen molar-refractivity contribution in [2.75, 3.05) is 13.2 Å². The highest BCUT2D eigenvalue weighted by Gasteiger charge is 2.09. The van der Waals surface area contributed by atoms with Gasteiger partial charge < -0.3 is 10.1 Å². The number of urea groups is 1. The molecule has 0 saturated heterocycles. The van der Waals surface area contributed by atoms with Crippen LogP contribution in [0.4, 0.5) is 4.79 Å². The molecule has 0 radical (unpaired) electrons. The van der Waals surface area contributed by atoms with Gasteiger partial charge in [-0.3, -0.25) is 10.1 Å². The summed E-state index contributed by atoms with van der Waals surface area (Å²) in [4.78, 5) is 35.1. The van der Waals surface area contributed by atoms with Crippen molar-refractivity contribution in [2.45, 2.75) is 20.3 Å². The predicted molar refractivity (Wildman–Crippen MR) is 80.0 cm³/mol. The summed E-state index contributed by atoms with van der Waals surface area (Å²) < 4.78 is 4.67. The van der Waals surface area contributed by atoms with E-state index in [9.17, 15) is 14.4 Å². The Bertz CT molecular complexity index is 519. The first-order chi connectivity index (χ1) is 9.97. The van der Waals surface area contributed by atoms with E-state index in [1.807, 2.05) is 17.5 Å². The predicted octanol–water partition coefficient (Wildman–Crippen LogP) is 1.63. The van der Waals surface area contributed by atoms with Crippen molar-refractivity contribution in [3.8, 4) is 0 Å². The van der Waals surface area contributed by atoms with Gasteiger partial charge in [0.2, 0.25) is 0 Å². The molecule has 0 bridgehead atoms. The average molecular weight is 310 g/mol. The monoisotopic (exact) mass is 310 g/mol. The number of carbonyl (C=O) groups is 3. The third-order valence-corrected chi connectivity index (χ3v) is 3.18. The second kappa shape index (κ2) is 8.91. The van der Waals surface area contributed by atoms with Crippen LogP contribution in [0.15, 0.2) is 29.2 Å². The lowest BCUT2D eigenvalue weighted by molar-refractivity contribution is -0.143. The van der Waals surface area contributed by atoms with Crippen molar-refractivity contribution in [1.82, 2.24) is 10.6 Å². The van der Waals surface area contributed by atoms with Gasteiger partial charge in [0, 0.05) is 17.5 Å². The van der Waals surface area contributed by atoms with Crippen LogP contribution in [-0.2, 0) is 20.7 Å². The molecule has 0 unspecified atom stereocenters. The van der Waals surface area contributed by atoms with E-state index < -0.39 is 24.5 Å². The fourth-order valence-electron chi connectivity index (χ4n) is 1.38. The molecule has 0 aliphatic heterocycles. The van der Waals surface area contributed by atoms with E-state index in [1.165, 1.54) is 6.08 Å². The number of amides is 3. The maximum Gasteiger partial charge on any atom is 0.331 e. The minimum atomic E-state index is -0.667. The molecular formula is C14H18N2O4S. The zero-order valence-electron chi connectivity index (χ0n) is 12.0. The van der Waals surface area contributed by atoms with Crippen LogP contribution in [0, 0.1) is 0 Å². The van der Waals surface area contributed by atoms with Crippen molar-refractivity contribution >= 4 is 29.2 Å². The molecule has 1 rings (SSSR count). The van der Waals surface area contributed by atoms with E-state index in [0.717, 1.165) is 10.5 Å². The fourth-order valence-corrected chi connectivity index (χ4v) is 2.08. The number of nitrogens with one attached hydrogen (secondary N) is 2. The number of thiophene rings is 1. The molecule has 6 nitrogen and oxygen atoms in total. The molecule has 0 saturated carbocycles. The van der Waals surface area contributed by atoms with E-state index in [4.69, 9.17) is 0 Å². The number of esters is 1. The summed E-state index contributed by atoms with van der Waals surface area (Å²) in [5.74, 6) is -1.28. The molecular weight excluding hydrogens is 292 g/mol. The summed E-state index contributed by atoms with van der Waals surface area (Å²) in [5.41, 5.74) is 0.770. The van der Waals surface area contributed by atoms with Gasteiger partial charge in [-0.25, -0.2) is 9.59 Å². The second-order valence-electron chi connectivity index (χ2n) is 4.46. The van der Waals surface area contributed by atoms with Gasteiger partial charge in [-0.2, -0.15) is 0 Å². The molecule has 0 atom stereocenters. The molecule has 0 aromatic carbocycles. The number of ether oxygens (including phenoxy) is 1. The standard InChI is InChI=1S/C14H18N2O4S/c1-10(2)8-13(18)20-9-12(17)16-14(19)15-6-5-11-4-3-7-21-11/h3-4,7-8H,5-6,9H2,1-2H3,(H2,15,16,17,19). The van der Waals surface area contributed by atoms with Crippen LogP contribution in [0.3, 0.4) is 0 Å². The normalized spacial score (nSPS) is 9.62. The molecule has 7 heteroatoms. The molecule has 114 valence electrons. The van der Waals surface area contributed by atoms with E-state index >= 15 is 0 Å². The highest BCUT2D eigenvalue weighted by molar-refractivity contribution is 7.09. The Kier molecular flexibility index (Phi) is 7.17. The van der Waals surface area contributed by atoms with Crippen molar-refractivity contribution in [1.29, 1.82) is 0 Å². The summed E-state index contributed by atoms with van der Waals surface area (Å²) in [6.07, 6.45) is 1.98. The Morgan fingerprint density at radius 1 is 1.33 bits per heavy atom. The van der Waals surface area contributed by atoms with Gasteiger partial charge in [0.15, 0.2) is 6.61 Å². The highest BCUT2D eigenvalue weighted by atomic mass is 32.1. The van der Waals surface area contributed by atoms with Crippen molar-refractivity contribution < 1.29 is 19.1 Å². The van der Waals surface area contributed by atoms with Gasteiger partial charge in [-0.1, -0.05) is 11.6 Å². The van der Waals surface area contributed by atoms with Crippen LogP contribution in [0.25, 0.3) is 0 Å². The second-order valence-corrected chi connectivity index (χ2v) is 5.50. The number of imide groups is 1. The van der Waals surface area contributed by atoms with Crippen LogP contribution < -0.4 is 10.6 Å². The Balaban J connectivity index is 2.17. The topological polar surface area (TPSA) is 84.5 Å². The summed E-state index contributed by atoms with van der Waals surface area (Å²) >= 11 is 1.60. The lowest BCUT2D eigenvalue weighted by Gasteiger charge is -2.06. The van der Waals surface area contributed by atoms with Crippen LogP contribution in [0.1, 0.15) is 18.7 Å². The quantitative estimate of drug-likeness (QED) is 0.618. The van der Waals surface area contributed by atoms with Gasteiger partial charge in [0.1, 0.15) is 0 Å².